The molecule has 1 amide bonds. The number of nitrogens with one attached hydrogen (secondary N) is 1. The fourth-order valence-corrected chi connectivity index (χ4v) is 3.54. The number of amides is 1. The van der Waals surface area contributed by atoms with E-state index in [1.807, 2.05) is 23.6 Å². The van der Waals surface area contributed by atoms with Crippen molar-refractivity contribution in [1.29, 1.82) is 0 Å². The predicted octanol–water partition coefficient (Wildman–Crippen LogP) is 6.71. The van der Waals surface area contributed by atoms with Gasteiger partial charge in [-0.25, -0.2) is 4.98 Å². The lowest BCUT2D eigenvalue weighted by Gasteiger charge is -2.05. The number of thiazole rings is 1. The Morgan fingerprint density at radius 1 is 0.929 bits per heavy atom. The third-order valence-electron chi connectivity index (χ3n) is 4.64. The number of anilines is 1. The van der Waals surface area contributed by atoms with Gasteiger partial charge in [0.25, 0.3) is 0 Å². The molecule has 3 nitrogen and oxygen atoms in total. The maximum Gasteiger partial charge on any atom is 0.250 e. The summed E-state index contributed by atoms with van der Waals surface area (Å²) in [6.45, 7) is 8.69. The number of nitrogens with zero attached hydrogens (tertiary/aromatic N) is 1. The molecule has 3 aromatic rings. The zero-order valence-electron chi connectivity index (χ0n) is 16.8. The number of carbonyl (C=O) groups excluding carboxylic acids is 1. The third kappa shape index (κ3) is 5.17. The van der Waals surface area contributed by atoms with Gasteiger partial charge in [0.2, 0.25) is 5.91 Å². The van der Waals surface area contributed by atoms with E-state index in [1.54, 1.807) is 6.08 Å². The van der Waals surface area contributed by atoms with Gasteiger partial charge in [0.1, 0.15) is 0 Å². The largest absolute Gasteiger partial charge is 0.298 e. The van der Waals surface area contributed by atoms with Gasteiger partial charge in [-0.05, 0) is 34.6 Å². The second-order valence-electron chi connectivity index (χ2n) is 7.46. The van der Waals surface area contributed by atoms with Crippen LogP contribution in [0.2, 0.25) is 0 Å². The number of rotatable bonds is 6. The highest BCUT2D eigenvalue weighted by Gasteiger charge is 2.07. The van der Waals surface area contributed by atoms with Crippen molar-refractivity contribution in [3.63, 3.8) is 0 Å². The molecule has 144 valence electrons. The van der Waals surface area contributed by atoms with Gasteiger partial charge in [-0.3, -0.25) is 10.1 Å². The van der Waals surface area contributed by atoms with E-state index < -0.39 is 0 Å². The lowest BCUT2D eigenvalue weighted by Crippen LogP contribution is -2.07. The lowest BCUT2D eigenvalue weighted by atomic mass is 10.0. The van der Waals surface area contributed by atoms with E-state index in [-0.39, 0.29) is 5.91 Å². The van der Waals surface area contributed by atoms with Crippen LogP contribution in [0, 0.1) is 0 Å². The monoisotopic (exact) mass is 390 g/mol. The van der Waals surface area contributed by atoms with Crippen LogP contribution in [-0.2, 0) is 4.79 Å². The molecule has 28 heavy (non-hydrogen) atoms. The molecule has 1 N–H and O–H groups in total. The fourth-order valence-electron chi connectivity index (χ4n) is 2.81. The Morgan fingerprint density at radius 2 is 1.50 bits per heavy atom. The summed E-state index contributed by atoms with van der Waals surface area (Å²) in [5.74, 6) is 0.832. The van der Waals surface area contributed by atoms with Gasteiger partial charge >= 0.3 is 0 Å². The Bertz CT molecular complexity index is 951. The van der Waals surface area contributed by atoms with E-state index in [1.165, 1.54) is 22.5 Å². The molecular weight excluding hydrogens is 364 g/mol. The molecule has 0 saturated carbocycles. The molecule has 0 aliphatic carbocycles. The lowest BCUT2D eigenvalue weighted by molar-refractivity contribution is -0.111. The van der Waals surface area contributed by atoms with Crippen LogP contribution in [0.5, 0.6) is 0 Å². The molecule has 0 spiro atoms. The van der Waals surface area contributed by atoms with Gasteiger partial charge in [-0.15, -0.1) is 11.3 Å². The molecule has 0 saturated heterocycles. The minimum Gasteiger partial charge on any atom is -0.298 e. The molecule has 2 aromatic carbocycles. The summed E-state index contributed by atoms with van der Waals surface area (Å²) in [6.07, 6.45) is 3.36. The van der Waals surface area contributed by atoms with Gasteiger partial charge in [0.05, 0.1) is 5.69 Å². The standard InChI is InChI=1S/C24H26N2OS/c1-16(2)19-8-5-18(6-9-19)7-14-23(27)26-24-25-22(15-28-24)21-12-10-20(11-13-21)17(3)4/h5-17H,1-4H3,(H,25,26,27). The van der Waals surface area contributed by atoms with Crippen molar-refractivity contribution < 1.29 is 4.79 Å². The van der Waals surface area contributed by atoms with Crippen molar-refractivity contribution in [3.8, 4) is 11.3 Å². The Morgan fingerprint density at radius 3 is 2.07 bits per heavy atom. The molecule has 1 aromatic heterocycles. The highest BCUT2D eigenvalue weighted by atomic mass is 32.1. The smallest absolute Gasteiger partial charge is 0.250 e. The van der Waals surface area contributed by atoms with Crippen LogP contribution in [0.4, 0.5) is 5.13 Å². The van der Waals surface area contributed by atoms with E-state index >= 15 is 0 Å². The maximum absolute atomic E-state index is 12.2. The number of benzene rings is 2. The molecule has 0 fully saturated rings. The molecule has 0 atom stereocenters. The van der Waals surface area contributed by atoms with E-state index in [4.69, 9.17) is 0 Å². The Balaban J connectivity index is 1.61. The maximum atomic E-state index is 12.2. The Kier molecular flexibility index (Phi) is 6.42. The number of carbonyl (C=O) groups is 1. The minimum absolute atomic E-state index is 0.177. The quantitative estimate of drug-likeness (QED) is 0.475. The van der Waals surface area contributed by atoms with Gasteiger partial charge in [-0.2, -0.15) is 0 Å². The van der Waals surface area contributed by atoms with Crippen LogP contribution in [0.3, 0.4) is 0 Å². The van der Waals surface area contributed by atoms with Crippen molar-refractivity contribution in [2.45, 2.75) is 39.5 Å². The second kappa shape index (κ2) is 8.98. The first-order valence-electron chi connectivity index (χ1n) is 9.57. The van der Waals surface area contributed by atoms with Crippen molar-refractivity contribution in [3.05, 3.63) is 76.7 Å². The topological polar surface area (TPSA) is 42.0 Å². The zero-order valence-corrected chi connectivity index (χ0v) is 17.6. The molecule has 0 bridgehead atoms. The van der Waals surface area contributed by atoms with E-state index in [0.29, 0.717) is 17.0 Å². The van der Waals surface area contributed by atoms with Gasteiger partial charge in [0.15, 0.2) is 5.13 Å². The van der Waals surface area contributed by atoms with Gasteiger partial charge in [0, 0.05) is 17.0 Å². The molecule has 1 heterocycles. The predicted molar refractivity (Wildman–Crippen MR) is 120 cm³/mol. The SMILES string of the molecule is CC(C)c1ccc(C=CC(=O)Nc2nc(-c3ccc(C(C)C)cc3)cs2)cc1. The summed E-state index contributed by atoms with van der Waals surface area (Å²) in [5, 5.41) is 5.41. The van der Waals surface area contributed by atoms with Crippen LogP contribution in [0.15, 0.2) is 60.0 Å². The molecule has 4 heteroatoms. The molecule has 0 unspecified atom stereocenters. The summed E-state index contributed by atoms with van der Waals surface area (Å²) < 4.78 is 0. The van der Waals surface area contributed by atoms with Crippen molar-refractivity contribution >= 4 is 28.5 Å². The van der Waals surface area contributed by atoms with Crippen LogP contribution < -0.4 is 5.32 Å². The number of hydrogen-bond donors (Lipinski definition) is 1. The van der Waals surface area contributed by atoms with Crippen molar-refractivity contribution in [2.24, 2.45) is 0 Å². The Labute approximate surface area is 171 Å². The summed E-state index contributed by atoms with van der Waals surface area (Å²) in [4.78, 5) is 16.7. The molecule has 0 aliphatic heterocycles. The number of aromatic nitrogens is 1. The normalized spacial score (nSPS) is 11.5. The van der Waals surface area contributed by atoms with E-state index in [9.17, 15) is 4.79 Å². The highest BCUT2D eigenvalue weighted by Crippen LogP contribution is 2.26. The van der Waals surface area contributed by atoms with Crippen LogP contribution in [0.25, 0.3) is 17.3 Å². The van der Waals surface area contributed by atoms with Gasteiger partial charge in [-0.1, -0.05) is 76.2 Å². The fraction of sp³-hybridized carbons (Fsp3) is 0.250. The first kappa shape index (κ1) is 20.0. The minimum atomic E-state index is -0.177. The first-order chi connectivity index (χ1) is 13.4. The van der Waals surface area contributed by atoms with Crippen LogP contribution >= 0.6 is 11.3 Å². The Hall–Kier alpha value is -2.72. The molecule has 0 radical (unpaired) electrons. The number of hydrogen-bond acceptors (Lipinski definition) is 3. The second-order valence-corrected chi connectivity index (χ2v) is 8.32. The summed E-state index contributed by atoms with van der Waals surface area (Å²) in [7, 11) is 0. The summed E-state index contributed by atoms with van der Waals surface area (Å²) >= 11 is 1.43. The summed E-state index contributed by atoms with van der Waals surface area (Å²) in [6, 6.07) is 16.7. The molecule has 0 aliphatic rings. The van der Waals surface area contributed by atoms with Crippen molar-refractivity contribution in [1.82, 2.24) is 4.98 Å². The third-order valence-corrected chi connectivity index (χ3v) is 5.40. The average molecular weight is 391 g/mol. The highest BCUT2D eigenvalue weighted by molar-refractivity contribution is 7.14. The molecular formula is C24H26N2OS. The van der Waals surface area contributed by atoms with Crippen molar-refractivity contribution in [2.75, 3.05) is 5.32 Å². The average Bonchev–Trinajstić information content (AvgIpc) is 3.15. The zero-order chi connectivity index (χ0) is 20.1. The van der Waals surface area contributed by atoms with E-state index in [0.717, 1.165) is 16.8 Å². The van der Waals surface area contributed by atoms with E-state index in [2.05, 4.69) is 74.4 Å². The molecule has 3 rings (SSSR count). The van der Waals surface area contributed by atoms with Crippen LogP contribution in [0.1, 0.15) is 56.2 Å². The summed E-state index contributed by atoms with van der Waals surface area (Å²) in [5.41, 5.74) is 5.54. The van der Waals surface area contributed by atoms with Gasteiger partial charge < -0.3 is 0 Å². The van der Waals surface area contributed by atoms with Crippen LogP contribution in [-0.4, -0.2) is 10.9 Å². The first-order valence-corrected chi connectivity index (χ1v) is 10.4.